The average molecular weight is 335 g/mol. The summed E-state index contributed by atoms with van der Waals surface area (Å²) in [6, 6.07) is 17.1. The molecule has 0 atom stereocenters. The summed E-state index contributed by atoms with van der Waals surface area (Å²) in [6.07, 6.45) is 0. The number of rotatable bonds is 4. The third kappa shape index (κ3) is 4.17. The van der Waals surface area contributed by atoms with Crippen molar-refractivity contribution in [1.29, 1.82) is 5.26 Å². The van der Waals surface area contributed by atoms with E-state index in [-0.39, 0.29) is 5.91 Å². The number of nitrogens with zero attached hydrogens (tertiary/aromatic N) is 3. The Balaban J connectivity index is 1.57. The fourth-order valence-corrected chi connectivity index (χ4v) is 3.05. The van der Waals surface area contributed by atoms with Crippen LogP contribution in [0, 0.1) is 11.3 Å². The van der Waals surface area contributed by atoms with Crippen LogP contribution in [-0.4, -0.2) is 49.0 Å². The van der Waals surface area contributed by atoms with Gasteiger partial charge in [-0.25, -0.2) is 0 Å². The Labute approximate surface area is 148 Å². The van der Waals surface area contributed by atoms with E-state index in [2.05, 4.69) is 11.0 Å². The van der Waals surface area contributed by atoms with Crippen molar-refractivity contribution in [2.45, 2.75) is 6.54 Å². The van der Waals surface area contributed by atoms with Crippen LogP contribution < -0.4 is 4.74 Å². The van der Waals surface area contributed by atoms with Crippen LogP contribution in [0.5, 0.6) is 5.75 Å². The van der Waals surface area contributed by atoms with Crippen LogP contribution in [0.1, 0.15) is 21.5 Å². The van der Waals surface area contributed by atoms with Gasteiger partial charge in [-0.3, -0.25) is 9.69 Å². The quantitative estimate of drug-likeness (QED) is 0.861. The highest BCUT2D eigenvalue weighted by Crippen LogP contribution is 2.16. The number of ether oxygens (including phenoxy) is 1. The monoisotopic (exact) mass is 335 g/mol. The highest BCUT2D eigenvalue weighted by atomic mass is 16.5. The molecule has 0 saturated carbocycles. The van der Waals surface area contributed by atoms with Gasteiger partial charge in [-0.05, 0) is 35.9 Å². The molecule has 2 aromatic rings. The maximum atomic E-state index is 12.6. The second-order valence-electron chi connectivity index (χ2n) is 6.11. The topological polar surface area (TPSA) is 56.6 Å². The minimum absolute atomic E-state index is 0.0463. The number of amides is 1. The van der Waals surface area contributed by atoms with E-state index in [0.29, 0.717) is 30.0 Å². The molecule has 128 valence electrons. The van der Waals surface area contributed by atoms with E-state index in [1.165, 1.54) is 0 Å². The molecule has 0 aliphatic carbocycles. The van der Waals surface area contributed by atoms with Gasteiger partial charge in [-0.1, -0.05) is 18.2 Å². The highest BCUT2D eigenvalue weighted by molar-refractivity contribution is 5.94. The lowest BCUT2D eigenvalue weighted by molar-refractivity contribution is 0.0628. The average Bonchev–Trinajstić information content (AvgIpc) is 2.68. The van der Waals surface area contributed by atoms with E-state index in [0.717, 1.165) is 25.2 Å². The van der Waals surface area contributed by atoms with Crippen molar-refractivity contribution in [2.75, 3.05) is 33.3 Å². The van der Waals surface area contributed by atoms with Gasteiger partial charge in [0.1, 0.15) is 5.75 Å². The molecule has 1 aliphatic heterocycles. The molecule has 0 bridgehead atoms. The van der Waals surface area contributed by atoms with Gasteiger partial charge in [0.15, 0.2) is 0 Å². The maximum absolute atomic E-state index is 12.6. The lowest BCUT2D eigenvalue weighted by Gasteiger charge is -2.34. The number of nitriles is 1. The Hall–Kier alpha value is -2.84. The number of carbonyl (C=O) groups is 1. The molecule has 3 rings (SSSR count). The third-order valence-corrected chi connectivity index (χ3v) is 4.44. The zero-order chi connectivity index (χ0) is 17.6. The summed E-state index contributed by atoms with van der Waals surface area (Å²) in [5.74, 6) is 0.742. The van der Waals surface area contributed by atoms with Crippen molar-refractivity contribution in [1.82, 2.24) is 9.80 Å². The van der Waals surface area contributed by atoms with Crippen molar-refractivity contribution in [2.24, 2.45) is 0 Å². The number of piperazine rings is 1. The molecule has 0 unspecified atom stereocenters. The van der Waals surface area contributed by atoms with Gasteiger partial charge in [0.2, 0.25) is 0 Å². The van der Waals surface area contributed by atoms with E-state index in [1.807, 2.05) is 47.4 Å². The molecule has 0 aromatic heterocycles. The zero-order valence-electron chi connectivity index (χ0n) is 14.3. The normalized spacial score (nSPS) is 14.8. The summed E-state index contributed by atoms with van der Waals surface area (Å²) in [7, 11) is 1.60. The van der Waals surface area contributed by atoms with Gasteiger partial charge < -0.3 is 9.64 Å². The van der Waals surface area contributed by atoms with Gasteiger partial charge in [-0.2, -0.15) is 5.26 Å². The summed E-state index contributed by atoms with van der Waals surface area (Å²) in [6.45, 7) is 3.86. The molecule has 5 heteroatoms. The fraction of sp³-hybridized carbons (Fsp3) is 0.300. The Morgan fingerprint density at radius 1 is 1.12 bits per heavy atom. The minimum Gasteiger partial charge on any atom is -0.497 e. The van der Waals surface area contributed by atoms with Crippen molar-refractivity contribution < 1.29 is 9.53 Å². The zero-order valence-corrected chi connectivity index (χ0v) is 14.3. The second-order valence-corrected chi connectivity index (χ2v) is 6.11. The first-order valence-electron chi connectivity index (χ1n) is 8.34. The number of benzene rings is 2. The summed E-state index contributed by atoms with van der Waals surface area (Å²) in [4.78, 5) is 16.8. The second kappa shape index (κ2) is 7.82. The fourth-order valence-electron chi connectivity index (χ4n) is 3.05. The van der Waals surface area contributed by atoms with Gasteiger partial charge in [0, 0.05) is 38.3 Å². The van der Waals surface area contributed by atoms with Crippen LogP contribution in [-0.2, 0) is 6.54 Å². The van der Waals surface area contributed by atoms with Gasteiger partial charge >= 0.3 is 0 Å². The molecule has 2 aromatic carbocycles. The number of hydrogen-bond donors (Lipinski definition) is 0. The molecule has 1 aliphatic rings. The molecular formula is C20H21N3O2. The Kier molecular flexibility index (Phi) is 5.32. The van der Waals surface area contributed by atoms with Gasteiger partial charge in [0.25, 0.3) is 5.91 Å². The first-order valence-corrected chi connectivity index (χ1v) is 8.34. The predicted molar refractivity (Wildman–Crippen MR) is 95.3 cm³/mol. The summed E-state index contributed by atoms with van der Waals surface area (Å²) >= 11 is 0. The Morgan fingerprint density at radius 3 is 2.60 bits per heavy atom. The lowest BCUT2D eigenvalue weighted by atomic mass is 10.1. The molecule has 0 radical (unpaired) electrons. The molecule has 5 nitrogen and oxygen atoms in total. The van der Waals surface area contributed by atoms with Gasteiger partial charge in [-0.15, -0.1) is 0 Å². The third-order valence-electron chi connectivity index (χ3n) is 4.44. The minimum atomic E-state index is 0.0463. The van der Waals surface area contributed by atoms with E-state index in [4.69, 9.17) is 10.00 Å². The number of hydrogen-bond acceptors (Lipinski definition) is 4. The Bertz CT molecular complexity index is 790. The number of methoxy groups -OCH3 is 1. The van der Waals surface area contributed by atoms with E-state index >= 15 is 0 Å². The first-order chi connectivity index (χ1) is 12.2. The van der Waals surface area contributed by atoms with Crippen molar-refractivity contribution in [3.05, 3.63) is 65.2 Å². The van der Waals surface area contributed by atoms with Crippen LogP contribution in [0.15, 0.2) is 48.5 Å². The van der Waals surface area contributed by atoms with E-state index < -0.39 is 0 Å². The smallest absolute Gasteiger partial charge is 0.254 e. The van der Waals surface area contributed by atoms with Gasteiger partial charge in [0.05, 0.1) is 18.7 Å². The molecule has 1 saturated heterocycles. The van der Waals surface area contributed by atoms with Crippen molar-refractivity contribution in [3.63, 3.8) is 0 Å². The Morgan fingerprint density at radius 2 is 1.88 bits per heavy atom. The van der Waals surface area contributed by atoms with E-state index in [9.17, 15) is 4.79 Å². The molecule has 0 spiro atoms. The molecular weight excluding hydrogens is 314 g/mol. The predicted octanol–water partition coefficient (Wildman–Crippen LogP) is 2.52. The molecule has 1 heterocycles. The summed E-state index contributed by atoms with van der Waals surface area (Å²) in [5.41, 5.74) is 2.48. The van der Waals surface area contributed by atoms with Crippen LogP contribution in [0.2, 0.25) is 0 Å². The summed E-state index contributed by atoms with van der Waals surface area (Å²) in [5, 5.41) is 8.99. The van der Waals surface area contributed by atoms with Crippen LogP contribution in [0.25, 0.3) is 0 Å². The molecule has 0 N–H and O–H groups in total. The summed E-state index contributed by atoms with van der Waals surface area (Å²) < 4.78 is 5.19. The standard InChI is InChI=1S/C20H21N3O2/c1-25-19-7-3-6-18(13-19)20(24)23-10-8-22(9-11-23)15-17-5-2-4-16(12-17)14-21/h2-7,12-13H,8-11,15H2,1H3. The first kappa shape index (κ1) is 17.0. The van der Waals surface area contributed by atoms with Crippen LogP contribution in [0.3, 0.4) is 0 Å². The van der Waals surface area contributed by atoms with Crippen LogP contribution in [0.4, 0.5) is 0 Å². The van der Waals surface area contributed by atoms with Crippen LogP contribution >= 0.6 is 0 Å². The maximum Gasteiger partial charge on any atom is 0.254 e. The van der Waals surface area contributed by atoms with Crippen molar-refractivity contribution in [3.8, 4) is 11.8 Å². The molecule has 1 fully saturated rings. The lowest BCUT2D eigenvalue weighted by Crippen LogP contribution is -2.48. The molecule has 25 heavy (non-hydrogen) atoms. The highest BCUT2D eigenvalue weighted by Gasteiger charge is 2.22. The van der Waals surface area contributed by atoms with Crippen molar-refractivity contribution >= 4 is 5.91 Å². The number of carbonyl (C=O) groups excluding carboxylic acids is 1. The SMILES string of the molecule is COc1cccc(C(=O)N2CCN(Cc3cccc(C#N)c3)CC2)c1. The molecule has 1 amide bonds. The van der Waals surface area contributed by atoms with E-state index in [1.54, 1.807) is 13.2 Å². The largest absolute Gasteiger partial charge is 0.497 e.